The molecule has 1 aromatic heterocycles. The van der Waals surface area contributed by atoms with Crippen LogP contribution in [0.25, 0.3) is 0 Å². The largest absolute Gasteiger partial charge is 0.356 e. The Morgan fingerprint density at radius 1 is 1.43 bits per heavy atom. The third kappa shape index (κ3) is 2.89. The molecule has 3 rings (SSSR count). The molecule has 0 radical (unpaired) electrons. The molecule has 2 heterocycles. The van der Waals surface area contributed by atoms with Gasteiger partial charge < -0.3 is 15.2 Å². The fourth-order valence-electron chi connectivity index (χ4n) is 2.39. The van der Waals surface area contributed by atoms with Gasteiger partial charge in [-0.05, 0) is 31.0 Å². The maximum Gasteiger partial charge on any atom is 0.272 e. The monoisotopic (exact) mass is 288 g/mol. The predicted octanol–water partition coefficient (Wildman–Crippen LogP) is 2.33. The summed E-state index contributed by atoms with van der Waals surface area (Å²) in [6.45, 7) is 3.61. The summed E-state index contributed by atoms with van der Waals surface area (Å²) in [5.41, 5.74) is 1.25. The number of hydrogen-bond acceptors (Lipinski definition) is 3. The molecule has 2 N–H and O–H groups in total. The Bertz CT molecular complexity index is 627. The normalized spacial score (nSPS) is 15.0. The lowest BCUT2D eigenvalue weighted by Gasteiger charge is -2.14. The van der Waals surface area contributed by atoms with E-state index in [1.807, 2.05) is 11.5 Å². The second-order valence-corrected chi connectivity index (χ2v) is 5.17. The molecule has 1 unspecified atom stereocenters. The Kier molecular flexibility index (Phi) is 3.60. The SMILES string of the molecule is CC(NC(=O)c1cn2c(n1)NCCC2)c1ccc(F)cc1. The quantitative estimate of drug-likeness (QED) is 0.911. The lowest BCUT2D eigenvalue weighted by atomic mass is 10.1. The highest BCUT2D eigenvalue weighted by atomic mass is 19.1. The van der Waals surface area contributed by atoms with Crippen molar-refractivity contribution < 1.29 is 9.18 Å². The summed E-state index contributed by atoms with van der Waals surface area (Å²) >= 11 is 0. The van der Waals surface area contributed by atoms with Gasteiger partial charge in [0, 0.05) is 19.3 Å². The number of halogens is 1. The number of carbonyl (C=O) groups excluding carboxylic acids is 1. The van der Waals surface area contributed by atoms with Gasteiger partial charge in [-0.25, -0.2) is 9.37 Å². The summed E-state index contributed by atoms with van der Waals surface area (Å²) in [7, 11) is 0. The van der Waals surface area contributed by atoms with Crippen molar-refractivity contribution in [1.82, 2.24) is 14.9 Å². The van der Waals surface area contributed by atoms with E-state index in [2.05, 4.69) is 15.6 Å². The molecule has 1 amide bonds. The van der Waals surface area contributed by atoms with Gasteiger partial charge in [0.15, 0.2) is 0 Å². The van der Waals surface area contributed by atoms with Crippen molar-refractivity contribution in [2.45, 2.75) is 25.9 Å². The van der Waals surface area contributed by atoms with Crippen molar-refractivity contribution in [2.24, 2.45) is 0 Å². The number of rotatable bonds is 3. The van der Waals surface area contributed by atoms with Gasteiger partial charge in [0.05, 0.1) is 6.04 Å². The van der Waals surface area contributed by atoms with Gasteiger partial charge in [-0.2, -0.15) is 0 Å². The Balaban J connectivity index is 1.70. The first-order chi connectivity index (χ1) is 10.1. The fraction of sp³-hybridized carbons (Fsp3) is 0.333. The summed E-state index contributed by atoms with van der Waals surface area (Å²) in [4.78, 5) is 16.5. The summed E-state index contributed by atoms with van der Waals surface area (Å²) in [6.07, 6.45) is 2.78. The number of nitrogens with one attached hydrogen (secondary N) is 2. The summed E-state index contributed by atoms with van der Waals surface area (Å²) < 4.78 is 14.8. The second kappa shape index (κ2) is 5.55. The lowest BCUT2D eigenvalue weighted by Crippen LogP contribution is -2.26. The van der Waals surface area contributed by atoms with Crippen LogP contribution in [0.2, 0.25) is 0 Å². The number of fused-ring (bicyclic) bond motifs is 1. The standard InChI is InChI=1S/C15H17FN4O/c1-10(11-3-5-12(16)6-4-11)18-14(21)13-9-20-8-2-7-17-15(20)19-13/h3-6,9-10H,2,7-8H2,1H3,(H,17,19)(H,18,21). The second-order valence-electron chi connectivity index (χ2n) is 5.17. The average Bonchev–Trinajstić information content (AvgIpc) is 2.92. The van der Waals surface area contributed by atoms with Crippen LogP contribution in [0.4, 0.5) is 10.3 Å². The molecule has 0 bridgehead atoms. The van der Waals surface area contributed by atoms with Crippen molar-refractivity contribution in [3.63, 3.8) is 0 Å². The van der Waals surface area contributed by atoms with E-state index in [4.69, 9.17) is 0 Å². The van der Waals surface area contributed by atoms with Gasteiger partial charge in [-0.15, -0.1) is 0 Å². The Morgan fingerprint density at radius 2 is 2.19 bits per heavy atom. The van der Waals surface area contributed by atoms with Crippen LogP contribution in [0.5, 0.6) is 0 Å². The van der Waals surface area contributed by atoms with E-state index < -0.39 is 0 Å². The zero-order chi connectivity index (χ0) is 14.8. The molecule has 1 atom stereocenters. The van der Waals surface area contributed by atoms with E-state index >= 15 is 0 Å². The maximum absolute atomic E-state index is 12.9. The number of benzene rings is 1. The van der Waals surface area contributed by atoms with Crippen LogP contribution in [-0.2, 0) is 6.54 Å². The first kappa shape index (κ1) is 13.6. The van der Waals surface area contributed by atoms with Crippen LogP contribution in [0, 0.1) is 5.82 Å². The number of hydrogen-bond donors (Lipinski definition) is 2. The highest BCUT2D eigenvalue weighted by molar-refractivity contribution is 5.92. The number of anilines is 1. The Hall–Kier alpha value is -2.37. The molecule has 0 aliphatic carbocycles. The summed E-state index contributed by atoms with van der Waals surface area (Å²) in [5, 5.41) is 6.04. The van der Waals surface area contributed by atoms with Gasteiger partial charge in [-0.3, -0.25) is 4.79 Å². The van der Waals surface area contributed by atoms with Crippen LogP contribution in [0.1, 0.15) is 35.4 Å². The van der Waals surface area contributed by atoms with Crippen LogP contribution >= 0.6 is 0 Å². The first-order valence-corrected chi connectivity index (χ1v) is 7.01. The molecule has 2 aromatic rings. The van der Waals surface area contributed by atoms with E-state index in [-0.39, 0.29) is 17.8 Å². The Morgan fingerprint density at radius 3 is 2.90 bits per heavy atom. The minimum absolute atomic E-state index is 0.204. The number of carbonyl (C=O) groups is 1. The molecule has 5 nitrogen and oxygen atoms in total. The van der Waals surface area contributed by atoms with Crippen molar-refractivity contribution in [3.05, 3.63) is 47.5 Å². The topological polar surface area (TPSA) is 59.0 Å². The van der Waals surface area contributed by atoms with Gasteiger partial charge in [0.2, 0.25) is 5.95 Å². The highest BCUT2D eigenvalue weighted by Gasteiger charge is 2.18. The number of imidazole rings is 1. The van der Waals surface area contributed by atoms with Crippen molar-refractivity contribution in [1.29, 1.82) is 0 Å². The molecule has 1 aromatic carbocycles. The van der Waals surface area contributed by atoms with Crippen molar-refractivity contribution in [2.75, 3.05) is 11.9 Å². The minimum atomic E-state index is -0.287. The molecule has 21 heavy (non-hydrogen) atoms. The highest BCUT2D eigenvalue weighted by Crippen LogP contribution is 2.16. The van der Waals surface area contributed by atoms with E-state index in [0.717, 1.165) is 31.0 Å². The zero-order valence-corrected chi connectivity index (χ0v) is 11.8. The molecule has 0 fully saturated rings. The summed E-state index contributed by atoms with van der Waals surface area (Å²) in [5.74, 6) is 0.224. The van der Waals surface area contributed by atoms with Crippen LogP contribution < -0.4 is 10.6 Å². The van der Waals surface area contributed by atoms with Gasteiger partial charge in [0.1, 0.15) is 11.5 Å². The average molecular weight is 288 g/mol. The Labute approximate surface area is 122 Å². The number of aryl methyl sites for hydroxylation is 1. The minimum Gasteiger partial charge on any atom is -0.356 e. The molecule has 1 aliphatic rings. The van der Waals surface area contributed by atoms with Crippen molar-refractivity contribution >= 4 is 11.9 Å². The fourth-order valence-corrected chi connectivity index (χ4v) is 2.39. The predicted molar refractivity (Wildman–Crippen MR) is 77.6 cm³/mol. The molecule has 6 heteroatoms. The number of nitrogens with zero attached hydrogens (tertiary/aromatic N) is 2. The van der Waals surface area contributed by atoms with E-state index in [1.54, 1.807) is 18.3 Å². The zero-order valence-electron chi connectivity index (χ0n) is 11.8. The van der Waals surface area contributed by atoms with Gasteiger partial charge in [0.25, 0.3) is 5.91 Å². The van der Waals surface area contributed by atoms with E-state index in [9.17, 15) is 9.18 Å². The summed E-state index contributed by atoms with van der Waals surface area (Å²) in [6, 6.07) is 5.90. The third-order valence-corrected chi connectivity index (χ3v) is 3.59. The molecule has 1 aliphatic heterocycles. The van der Waals surface area contributed by atoms with E-state index in [1.165, 1.54) is 12.1 Å². The number of amides is 1. The molecule has 110 valence electrons. The number of aromatic nitrogens is 2. The maximum atomic E-state index is 12.9. The molecule has 0 spiro atoms. The van der Waals surface area contributed by atoms with E-state index in [0.29, 0.717) is 5.69 Å². The van der Waals surface area contributed by atoms with Crippen molar-refractivity contribution in [3.8, 4) is 0 Å². The molecule has 0 saturated heterocycles. The smallest absolute Gasteiger partial charge is 0.272 e. The molecule has 0 saturated carbocycles. The van der Waals surface area contributed by atoms with Crippen LogP contribution in [0.15, 0.2) is 30.5 Å². The third-order valence-electron chi connectivity index (χ3n) is 3.59. The lowest BCUT2D eigenvalue weighted by molar-refractivity contribution is 0.0935. The van der Waals surface area contributed by atoms with Crippen LogP contribution in [-0.4, -0.2) is 22.0 Å². The van der Waals surface area contributed by atoms with Gasteiger partial charge in [-0.1, -0.05) is 12.1 Å². The molecular weight excluding hydrogens is 271 g/mol. The molecular formula is C15H17FN4O. The van der Waals surface area contributed by atoms with Gasteiger partial charge >= 0.3 is 0 Å². The first-order valence-electron chi connectivity index (χ1n) is 7.01. The van der Waals surface area contributed by atoms with Crippen LogP contribution in [0.3, 0.4) is 0 Å².